The van der Waals surface area contributed by atoms with Gasteiger partial charge in [0.2, 0.25) is 9.39 Å². The van der Waals surface area contributed by atoms with Gasteiger partial charge in [0.05, 0.1) is 0 Å². The highest BCUT2D eigenvalue weighted by Gasteiger charge is 2.34. The molecule has 2 nitrogen and oxygen atoms in total. The molecule has 2 rings (SSSR count). The zero-order valence-corrected chi connectivity index (χ0v) is 16.0. The van der Waals surface area contributed by atoms with Gasteiger partial charge in [-0.1, -0.05) is 67.6 Å². The van der Waals surface area contributed by atoms with Crippen molar-refractivity contribution in [3.63, 3.8) is 0 Å². The van der Waals surface area contributed by atoms with Crippen molar-refractivity contribution in [1.82, 2.24) is 0 Å². The average molecular weight is 438 g/mol. The summed E-state index contributed by atoms with van der Waals surface area (Å²) in [7, 11) is 0. The van der Waals surface area contributed by atoms with E-state index < -0.39 is 5.92 Å². The van der Waals surface area contributed by atoms with E-state index in [9.17, 15) is 9.59 Å². The molecule has 0 saturated heterocycles. The maximum Gasteiger partial charge on any atom is 0.209 e. The topological polar surface area (TPSA) is 34.1 Å². The van der Waals surface area contributed by atoms with Crippen LogP contribution in [0.5, 0.6) is 0 Å². The Morgan fingerprint density at radius 2 is 1.26 bits per heavy atom. The minimum Gasteiger partial charge on any atom is -0.286 e. The number of hydrogen-bond acceptors (Lipinski definition) is 2. The third kappa shape index (κ3) is 4.85. The lowest BCUT2D eigenvalue weighted by Crippen LogP contribution is -2.25. The molecule has 2 atom stereocenters. The normalized spacial score (nSPS) is 13.6. The Labute approximate surface area is 153 Å². The molecule has 0 aliphatic carbocycles. The van der Waals surface area contributed by atoms with Crippen LogP contribution in [-0.2, 0) is 9.59 Å². The number of benzene rings is 2. The summed E-state index contributed by atoms with van der Waals surface area (Å²) in [6.07, 6.45) is 0.716. The van der Waals surface area contributed by atoms with Crippen molar-refractivity contribution < 1.29 is 9.59 Å². The van der Waals surface area contributed by atoms with E-state index in [0.717, 1.165) is 5.56 Å². The van der Waals surface area contributed by atoms with E-state index in [2.05, 4.69) is 50.9 Å². The Kier molecular flexibility index (Phi) is 6.72. The van der Waals surface area contributed by atoms with E-state index in [0.29, 0.717) is 6.42 Å². The molecule has 0 heterocycles. The summed E-state index contributed by atoms with van der Waals surface area (Å²) in [5, 5.41) is 0. The Morgan fingerprint density at radius 3 is 1.70 bits per heavy atom. The van der Waals surface area contributed by atoms with Crippen LogP contribution in [-0.4, -0.2) is 9.39 Å². The summed E-state index contributed by atoms with van der Waals surface area (Å²) in [5.74, 6) is -0.670. The zero-order valence-electron chi connectivity index (χ0n) is 12.8. The Balaban J connectivity index is 2.34. The van der Waals surface area contributed by atoms with Crippen LogP contribution in [0.15, 0.2) is 60.7 Å². The number of carbonyl (C=O) groups is 2. The van der Waals surface area contributed by atoms with Crippen LogP contribution in [0.3, 0.4) is 0 Å². The molecule has 0 saturated carbocycles. The van der Waals surface area contributed by atoms with Crippen molar-refractivity contribution in [2.45, 2.75) is 25.2 Å². The average Bonchev–Trinajstić information content (AvgIpc) is 2.55. The van der Waals surface area contributed by atoms with Crippen LogP contribution in [0, 0.1) is 5.92 Å². The maximum atomic E-state index is 12.0. The standard InChI is InChI=1S/C19H18Br2O2/c1-13(14-8-4-2-5-9-14)12-16(15-10-6-3-7-11-15)17(18(20)22)19(21)23/h2-11,13,16-17H,12H2,1H3. The van der Waals surface area contributed by atoms with Crippen LogP contribution in [0.25, 0.3) is 0 Å². The fourth-order valence-electron chi connectivity index (χ4n) is 2.87. The first-order chi connectivity index (χ1) is 11.0. The van der Waals surface area contributed by atoms with Crippen LogP contribution < -0.4 is 0 Å². The summed E-state index contributed by atoms with van der Waals surface area (Å²) in [6, 6.07) is 19.9. The molecule has 23 heavy (non-hydrogen) atoms. The summed E-state index contributed by atoms with van der Waals surface area (Å²) >= 11 is 5.99. The van der Waals surface area contributed by atoms with Gasteiger partial charge in [-0.15, -0.1) is 0 Å². The fourth-order valence-corrected chi connectivity index (χ4v) is 4.23. The van der Waals surface area contributed by atoms with Crippen molar-refractivity contribution in [3.05, 3.63) is 71.8 Å². The van der Waals surface area contributed by atoms with Gasteiger partial charge in [0.25, 0.3) is 0 Å². The Hall–Kier alpha value is -1.26. The molecule has 0 radical (unpaired) electrons. The van der Waals surface area contributed by atoms with E-state index in [1.807, 2.05) is 48.5 Å². The van der Waals surface area contributed by atoms with Gasteiger partial charge in [0.15, 0.2) is 0 Å². The van der Waals surface area contributed by atoms with E-state index >= 15 is 0 Å². The molecular formula is C19H18Br2O2. The fraction of sp³-hybridized carbons (Fsp3) is 0.263. The molecule has 2 aromatic carbocycles. The molecule has 0 aromatic heterocycles. The first kappa shape index (κ1) is 18.1. The summed E-state index contributed by atoms with van der Waals surface area (Å²) < 4.78 is -0.568. The monoisotopic (exact) mass is 436 g/mol. The molecule has 0 aliphatic rings. The molecule has 2 aromatic rings. The summed E-state index contributed by atoms with van der Waals surface area (Å²) in [6.45, 7) is 2.12. The van der Waals surface area contributed by atoms with Gasteiger partial charge < -0.3 is 0 Å². The lowest BCUT2D eigenvalue weighted by Gasteiger charge is -2.26. The molecule has 0 amide bonds. The second kappa shape index (κ2) is 8.55. The van der Waals surface area contributed by atoms with E-state index in [4.69, 9.17) is 0 Å². The maximum absolute atomic E-state index is 12.0. The molecule has 4 heteroatoms. The van der Waals surface area contributed by atoms with Crippen LogP contribution in [0.4, 0.5) is 0 Å². The summed E-state index contributed by atoms with van der Waals surface area (Å²) in [4.78, 5) is 24.0. The predicted molar refractivity (Wildman–Crippen MR) is 100 cm³/mol. The van der Waals surface area contributed by atoms with Crippen LogP contribution in [0.2, 0.25) is 0 Å². The molecule has 0 spiro atoms. The second-order valence-electron chi connectivity index (χ2n) is 5.65. The van der Waals surface area contributed by atoms with Crippen molar-refractivity contribution in [3.8, 4) is 0 Å². The molecule has 0 N–H and O–H groups in total. The van der Waals surface area contributed by atoms with Crippen molar-refractivity contribution in [1.29, 1.82) is 0 Å². The largest absolute Gasteiger partial charge is 0.286 e. The highest BCUT2D eigenvalue weighted by atomic mass is 79.9. The van der Waals surface area contributed by atoms with Crippen molar-refractivity contribution in [2.24, 2.45) is 5.92 Å². The van der Waals surface area contributed by atoms with Gasteiger partial charge in [-0.05, 0) is 55.3 Å². The third-order valence-corrected chi connectivity index (χ3v) is 5.08. The lowest BCUT2D eigenvalue weighted by atomic mass is 9.79. The predicted octanol–water partition coefficient (Wildman–Crippen LogP) is 5.42. The molecular weight excluding hydrogens is 420 g/mol. The quantitative estimate of drug-likeness (QED) is 0.427. The van der Waals surface area contributed by atoms with Gasteiger partial charge in [-0.3, -0.25) is 9.59 Å². The zero-order chi connectivity index (χ0) is 16.8. The molecule has 2 unspecified atom stereocenters. The van der Waals surface area contributed by atoms with Crippen LogP contribution in [0.1, 0.15) is 36.3 Å². The third-order valence-electron chi connectivity index (χ3n) is 4.10. The number of rotatable bonds is 7. The van der Waals surface area contributed by atoms with Gasteiger partial charge in [-0.2, -0.15) is 0 Å². The lowest BCUT2D eigenvalue weighted by molar-refractivity contribution is -0.123. The minimum absolute atomic E-state index is 0.176. The summed E-state index contributed by atoms with van der Waals surface area (Å²) in [5.41, 5.74) is 2.21. The van der Waals surface area contributed by atoms with Gasteiger partial charge in [0, 0.05) is 5.92 Å². The Bertz CT molecular complexity index is 642. The first-order valence-corrected chi connectivity index (χ1v) is 9.08. The molecule has 0 aliphatic heterocycles. The number of carbonyl (C=O) groups excluding carboxylic acids is 2. The Morgan fingerprint density at radius 1 is 0.826 bits per heavy atom. The van der Waals surface area contributed by atoms with E-state index in [1.165, 1.54) is 5.56 Å². The SMILES string of the molecule is CC(CC(c1ccccc1)C(C(=O)Br)C(=O)Br)c1ccccc1. The van der Waals surface area contributed by atoms with Crippen molar-refractivity contribution in [2.75, 3.05) is 0 Å². The smallest absolute Gasteiger partial charge is 0.209 e. The number of hydrogen-bond donors (Lipinski definition) is 0. The highest BCUT2D eigenvalue weighted by Crippen LogP contribution is 2.37. The molecule has 120 valence electrons. The minimum atomic E-state index is -0.733. The first-order valence-electron chi connectivity index (χ1n) is 7.49. The van der Waals surface area contributed by atoms with Gasteiger partial charge in [-0.25, -0.2) is 0 Å². The number of halogens is 2. The van der Waals surface area contributed by atoms with E-state index in [-0.39, 0.29) is 21.2 Å². The molecule has 0 fully saturated rings. The van der Waals surface area contributed by atoms with E-state index in [1.54, 1.807) is 0 Å². The van der Waals surface area contributed by atoms with Gasteiger partial charge >= 0.3 is 0 Å². The van der Waals surface area contributed by atoms with Gasteiger partial charge in [0.1, 0.15) is 5.92 Å². The molecule has 0 bridgehead atoms. The second-order valence-corrected chi connectivity index (χ2v) is 7.21. The van der Waals surface area contributed by atoms with Crippen molar-refractivity contribution >= 4 is 41.2 Å². The highest BCUT2D eigenvalue weighted by molar-refractivity contribution is 9.19. The van der Waals surface area contributed by atoms with Crippen LogP contribution >= 0.6 is 31.9 Å².